The lowest BCUT2D eigenvalue weighted by Crippen LogP contribution is -2.60. The number of hydrogen-bond acceptors (Lipinski definition) is 9. The molecule has 4 aliphatic carbocycles. The van der Waals surface area contributed by atoms with Gasteiger partial charge < -0.3 is 24.8 Å². The van der Waals surface area contributed by atoms with E-state index in [4.69, 9.17) is 14.6 Å². The summed E-state index contributed by atoms with van der Waals surface area (Å²) in [5.41, 5.74) is -5.43. The molecule has 0 amide bonds. The van der Waals surface area contributed by atoms with Crippen molar-refractivity contribution in [2.75, 3.05) is 13.1 Å². The molecule has 3 N–H and O–H groups in total. The topological polar surface area (TPSA) is 174 Å². The highest BCUT2D eigenvalue weighted by atomic mass is 16.6. The molecule has 0 aromatic rings. The highest BCUT2D eigenvalue weighted by Crippen LogP contribution is 2.66. The second-order valence-corrected chi connectivity index (χ2v) is 14.7. The lowest BCUT2D eigenvalue weighted by Gasteiger charge is -2.60. The second-order valence-electron chi connectivity index (χ2n) is 14.7. The number of aliphatic hydroxyl groups is 1. The van der Waals surface area contributed by atoms with E-state index in [0.717, 1.165) is 25.2 Å². The Morgan fingerprint density at radius 1 is 0.889 bits per heavy atom. The van der Waals surface area contributed by atoms with Crippen molar-refractivity contribution in [2.45, 2.75) is 135 Å². The molecule has 0 aromatic carbocycles. The van der Waals surface area contributed by atoms with Gasteiger partial charge >= 0.3 is 29.6 Å². The van der Waals surface area contributed by atoms with E-state index in [9.17, 15) is 34.7 Å². The summed E-state index contributed by atoms with van der Waals surface area (Å²) in [6.45, 7) is 8.80. The molecule has 0 heterocycles. The SMILES string of the molecule is CCCN(CCC)C(C#N)(OC(=O)CC(O)(CC(=O)O)C(=O)O)C(=O)OC1CC[C@H]2[C@@H]3CCC4CCCC[C@]4(C)[C@@H]3CC[C@]12C. The zero-order chi connectivity index (χ0) is 33.2. The first-order chi connectivity index (χ1) is 21.2. The number of carbonyl (C=O) groups is 4. The third-order valence-electron chi connectivity index (χ3n) is 12.1. The molecule has 4 rings (SSSR count). The van der Waals surface area contributed by atoms with E-state index in [1.165, 1.54) is 43.4 Å². The van der Waals surface area contributed by atoms with Gasteiger partial charge in [0.05, 0.1) is 12.8 Å². The van der Waals surface area contributed by atoms with Crippen molar-refractivity contribution < 1.29 is 44.0 Å². The number of rotatable bonds is 13. The number of hydrogen-bond donors (Lipinski definition) is 3. The van der Waals surface area contributed by atoms with Crippen LogP contribution in [0.15, 0.2) is 0 Å². The van der Waals surface area contributed by atoms with Gasteiger partial charge in [0.1, 0.15) is 12.2 Å². The molecule has 0 saturated heterocycles. The average Bonchev–Trinajstić information content (AvgIpc) is 3.30. The third kappa shape index (κ3) is 6.47. The maximum atomic E-state index is 14.2. The Morgan fingerprint density at radius 3 is 2.16 bits per heavy atom. The minimum atomic E-state index is -2.98. The Balaban J connectivity index is 1.58. The van der Waals surface area contributed by atoms with Crippen molar-refractivity contribution in [3.05, 3.63) is 0 Å². The number of fused-ring (bicyclic) bond motifs is 5. The molecular weight excluding hydrogens is 580 g/mol. The quantitative estimate of drug-likeness (QED) is 0.186. The molecule has 252 valence electrons. The van der Waals surface area contributed by atoms with Crippen LogP contribution in [-0.2, 0) is 28.7 Å². The summed E-state index contributed by atoms with van der Waals surface area (Å²) in [6, 6.07) is 1.87. The van der Waals surface area contributed by atoms with Crippen LogP contribution in [-0.4, -0.2) is 74.6 Å². The highest BCUT2D eigenvalue weighted by Gasteiger charge is 2.62. The highest BCUT2D eigenvalue weighted by molar-refractivity contribution is 5.91. The smallest absolute Gasteiger partial charge is 0.383 e. The first kappa shape index (κ1) is 35.1. The molecular formula is C34H52N2O9. The fraction of sp³-hybridized carbons (Fsp3) is 0.853. The number of carbonyl (C=O) groups excluding carboxylic acids is 2. The molecule has 4 unspecified atom stereocenters. The fourth-order valence-corrected chi connectivity index (χ4v) is 9.89. The van der Waals surface area contributed by atoms with Gasteiger partial charge in [-0.15, -0.1) is 0 Å². The predicted molar refractivity (Wildman–Crippen MR) is 162 cm³/mol. The van der Waals surface area contributed by atoms with Crippen LogP contribution in [0.25, 0.3) is 0 Å². The molecule has 9 atom stereocenters. The number of nitriles is 1. The number of nitrogens with zero attached hydrogens (tertiary/aromatic N) is 2. The first-order valence-electron chi connectivity index (χ1n) is 17.0. The molecule has 0 radical (unpaired) electrons. The van der Waals surface area contributed by atoms with E-state index in [0.29, 0.717) is 42.4 Å². The molecule has 11 nitrogen and oxygen atoms in total. The van der Waals surface area contributed by atoms with E-state index in [-0.39, 0.29) is 18.5 Å². The Hall–Kier alpha value is -2.71. The molecule has 4 fully saturated rings. The summed E-state index contributed by atoms with van der Waals surface area (Å²) >= 11 is 0. The summed E-state index contributed by atoms with van der Waals surface area (Å²) < 4.78 is 11.7. The molecule has 11 heteroatoms. The molecule has 0 aliphatic heterocycles. The third-order valence-corrected chi connectivity index (χ3v) is 12.1. The summed E-state index contributed by atoms with van der Waals surface area (Å²) in [5.74, 6) is -3.59. The maximum absolute atomic E-state index is 14.2. The summed E-state index contributed by atoms with van der Waals surface area (Å²) in [7, 11) is 0. The van der Waals surface area contributed by atoms with Gasteiger partial charge in [-0.1, -0.05) is 40.5 Å². The molecule has 45 heavy (non-hydrogen) atoms. The van der Waals surface area contributed by atoms with E-state index in [1.807, 2.05) is 19.9 Å². The lowest BCUT2D eigenvalue weighted by molar-refractivity contribution is -0.208. The number of esters is 2. The van der Waals surface area contributed by atoms with Crippen molar-refractivity contribution in [1.82, 2.24) is 4.90 Å². The van der Waals surface area contributed by atoms with Crippen LogP contribution >= 0.6 is 0 Å². The van der Waals surface area contributed by atoms with Gasteiger partial charge in [0.2, 0.25) is 0 Å². The summed E-state index contributed by atoms with van der Waals surface area (Å²) in [4.78, 5) is 51.7. The van der Waals surface area contributed by atoms with Crippen molar-refractivity contribution in [3.63, 3.8) is 0 Å². The molecule has 0 bridgehead atoms. The van der Waals surface area contributed by atoms with Gasteiger partial charge in [0.15, 0.2) is 5.60 Å². The van der Waals surface area contributed by atoms with E-state index >= 15 is 0 Å². The molecule has 0 spiro atoms. The maximum Gasteiger partial charge on any atom is 0.383 e. The van der Waals surface area contributed by atoms with Crippen LogP contribution in [0.1, 0.15) is 118 Å². The monoisotopic (exact) mass is 632 g/mol. The van der Waals surface area contributed by atoms with Crippen molar-refractivity contribution in [1.29, 1.82) is 5.26 Å². The standard InChI is InChI=1S/C34H52N2O9/c1-5-17-36(18-6-2)34(21-35,45-28(39)20-33(43,29(40)41)19-27(37)38)30(42)44-26-13-12-24-23-11-10-22-9-7-8-15-31(22,3)25(23)14-16-32(24,26)4/h22-26,43H,5-20H2,1-4H3,(H,37,38)(H,40,41)/t22?,23-,24-,25+,26?,31-,32-,33?,34?/m0/s1. The van der Waals surface area contributed by atoms with Gasteiger partial charge in [-0.25, -0.2) is 14.5 Å². The van der Waals surface area contributed by atoms with Crippen LogP contribution in [0.4, 0.5) is 0 Å². The van der Waals surface area contributed by atoms with Crippen molar-refractivity contribution in [2.24, 2.45) is 34.5 Å². The van der Waals surface area contributed by atoms with Gasteiger partial charge in [0.25, 0.3) is 0 Å². The second kappa shape index (κ2) is 13.6. The largest absolute Gasteiger partial charge is 0.481 e. The zero-order valence-electron chi connectivity index (χ0n) is 27.4. The van der Waals surface area contributed by atoms with Crippen molar-refractivity contribution >= 4 is 23.9 Å². The number of carboxylic acids is 2. The Morgan fingerprint density at radius 2 is 1.56 bits per heavy atom. The number of carboxylic acid groups (broad SMARTS) is 2. The first-order valence-corrected chi connectivity index (χ1v) is 17.0. The minimum absolute atomic E-state index is 0.205. The van der Waals surface area contributed by atoms with Gasteiger partial charge in [-0.3, -0.25) is 9.59 Å². The minimum Gasteiger partial charge on any atom is -0.481 e. The van der Waals surface area contributed by atoms with Crippen LogP contribution in [0.3, 0.4) is 0 Å². The average molecular weight is 633 g/mol. The number of aliphatic carboxylic acids is 2. The lowest BCUT2D eigenvalue weighted by atomic mass is 9.45. The molecule has 4 saturated carbocycles. The molecule has 0 aromatic heterocycles. The van der Waals surface area contributed by atoms with Gasteiger partial charge in [0, 0.05) is 18.5 Å². The Labute approximate surface area is 266 Å². The Kier molecular flexibility index (Phi) is 10.6. The number of ether oxygens (including phenoxy) is 2. The molecule has 4 aliphatic rings. The van der Waals surface area contributed by atoms with Crippen LogP contribution in [0.2, 0.25) is 0 Å². The van der Waals surface area contributed by atoms with Crippen LogP contribution in [0.5, 0.6) is 0 Å². The van der Waals surface area contributed by atoms with Crippen molar-refractivity contribution in [3.8, 4) is 6.07 Å². The van der Waals surface area contributed by atoms with E-state index < -0.39 is 54.1 Å². The van der Waals surface area contributed by atoms with Crippen LogP contribution < -0.4 is 0 Å². The summed E-state index contributed by atoms with van der Waals surface area (Å²) in [5, 5.41) is 39.6. The normalized spacial score (nSPS) is 35.0. The fourth-order valence-electron chi connectivity index (χ4n) is 9.89. The Bertz CT molecular complexity index is 1180. The zero-order valence-corrected chi connectivity index (χ0v) is 27.4. The summed E-state index contributed by atoms with van der Waals surface area (Å²) in [6.07, 6.45) is 9.22. The van der Waals surface area contributed by atoms with E-state index in [2.05, 4.69) is 13.8 Å². The van der Waals surface area contributed by atoms with Gasteiger partial charge in [-0.05, 0) is 93.3 Å². The van der Waals surface area contributed by atoms with E-state index in [1.54, 1.807) is 0 Å². The van der Waals surface area contributed by atoms with Gasteiger partial charge in [-0.2, -0.15) is 5.26 Å². The predicted octanol–water partition coefficient (Wildman–Crippen LogP) is 4.90. The van der Waals surface area contributed by atoms with Crippen LogP contribution in [0, 0.1) is 45.8 Å².